The number of ether oxygens (including phenoxy) is 1. The zero-order valence-corrected chi connectivity index (χ0v) is 20.4. The first-order chi connectivity index (χ1) is 14.3. The molecular weight excluding hydrogens is 378 g/mol. The topological polar surface area (TPSA) is 38.3 Å². The molecule has 0 aromatic rings. The van der Waals surface area contributed by atoms with Crippen molar-refractivity contribution < 1.29 is 9.53 Å². The average Bonchev–Trinajstić information content (AvgIpc) is 2.72. The molecule has 0 rings (SSSR count). The van der Waals surface area contributed by atoms with Gasteiger partial charge in [-0.25, -0.2) is 4.79 Å². The third-order valence-corrected chi connectivity index (χ3v) is 5.90. The van der Waals surface area contributed by atoms with Gasteiger partial charge in [0.25, 0.3) is 0 Å². The van der Waals surface area contributed by atoms with E-state index in [1.807, 2.05) is 0 Å². The average molecular weight is 430 g/mol. The number of carbonyl (C=O) groups is 1. The summed E-state index contributed by atoms with van der Waals surface area (Å²) in [7, 11) is 0. The summed E-state index contributed by atoms with van der Waals surface area (Å²) in [5.74, 6) is 1.04. The predicted molar refractivity (Wildman–Crippen MR) is 131 cm³/mol. The molecule has 0 saturated heterocycles. The van der Waals surface area contributed by atoms with Gasteiger partial charge < -0.3 is 10.1 Å². The maximum Gasteiger partial charge on any atom is 0.407 e. The van der Waals surface area contributed by atoms with Gasteiger partial charge in [-0.3, -0.25) is 0 Å². The minimum Gasteiger partial charge on any atom is -0.450 e. The Balaban J connectivity index is 3.11. The lowest BCUT2D eigenvalue weighted by Gasteiger charge is -2.07. The van der Waals surface area contributed by atoms with E-state index >= 15 is 0 Å². The minimum atomic E-state index is -0.236. The van der Waals surface area contributed by atoms with Crippen LogP contribution in [0.3, 0.4) is 0 Å². The highest BCUT2D eigenvalue weighted by atomic mass is 32.1. The van der Waals surface area contributed by atoms with Gasteiger partial charge in [0, 0.05) is 6.54 Å². The normalized spacial score (nSPS) is 11.0. The van der Waals surface area contributed by atoms with Crippen molar-refractivity contribution in [2.75, 3.05) is 18.9 Å². The largest absolute Gasteiger partial charge is 0.450 e. The molecule has 29 heavy (non-hydrogen) atoms. The third-order valence-electron chi connectivity index (χ3n) is 5.59. The highest BCUT2D eigenvalue weighted by Gasteiger charge is 2.01. The molecule has 0 saturated carbocycles. The Morgan fingerprint density at radius 3 is 1.52 bits per heavy atom. The smallest absolute Gasteiger partial charge is 0.407 e. The fourth-order valence-corrected chi connectivity index (χ4v) is 3.87. The highest BCUT2D eigenvalue weighted by molar-refractivity contribution is 7.80. The Labute approximate surface area is 187 Å². The quantitative estimate of drug-likeness (QED) is 0.126. The van der Waals surface area contributed by atoms with Crippen LogP contribution in [0.25, 0.3) is 0 Å². The number of alkyl carbamates (subject to hydrolysis) is 1. The molecule has 3 nitrogen and oxygen atoms in total. The molecule has 0 aliphatic heterocycles. The van der Waals surface area contributed by atoms with Crippen LogP contribution in [0, 0.1) is 0 Å². The number of thiol groups is 1. The zero-order valence-electron chi connectivity index (χ0n) is 19.5. The number of hydrogen-bond acceptors (Lipinski definition) is 3. The summed E-state index contributed by atoms with van der Waals surface area (Å²) in [5, 5.41) is 2.86. The highest BCUT2D eigenvalue weighted by Crippen LogP contribution is 2.13. The summed E-state index contributed by atoms with van der Waals surface area (Å²) >= 11 is 4.25. The molecule has 0 aromatic heterocycles. The van der Waals surface area contributed by atoms with E-state index in [-0.39, 0.29) is 6.09 Å². The summed E-state index contributed by atoms with van der Waals surface area (Å²) in [5.41, 5.74) is 0. The molecule has 0 aliphatic carbocycles. The predicted octanol–water partition coefficient (Wildman–Crippen LogP) is 8.46. The second kappa shape index (κ2) is 25.7. The molecule has 0 fully saturated rings. The van der Waals surface area contributed by atoms with Gasteiger partial charge in [-0.15, -0.1) is 0 Å². The van der Waals surface area contributed by atoms with Crippen LogP contribution in [0.5, 0.6) is 0 Å². The van der Waals surface area contributed by atoms with Crippen LogP contribution < -0.4 is 5.32 Å². The molecule has 0 spiro atoms. The van der Waals surface area contributed by atoms with Gasteiger partial charge in [0.2, 0.25) is 0 Å². The van der Waals surface area contributed by atoms with Gasteiger partial charge >= 0.3 is 6.09 Å². The molecule has 174 valence electrons. The second-order valence-electron chi connectivity index (χ2n) is 8.50. The van der Waals surface area contributed by atoms with Gasteiger partial charge in [0.05, 0.1) is 6.61 Å². The molecule has 0 aliphatic rings. The Kier molecular flexibility index (Phi) is 25.3. The van der Waals surface area contributed by atoms with E-state index in [9.17, 15) is 4.79 Å². The summed E-state index contributed by atoms with van der Waals surface area (Å²) < 4.78 is 5.25. The third kappa shape index (κ3) is 25.6. The molecule has 0 bridgehead atoms. The van der Waals surface area contributed by atoms with E-state index < -0.39 is 0 Å². The van der Waals surface area contributed by atoms with Crippen LogP contribution in [-0.4, -0.2) is 25.0 Å². The molecule has 0 unspecified atom stereocenters. The van der Waals surface area contributed by atoms with Crippen LogP contribution in [0.15, 0.2) is 0 Å². The van der Waals surface area contributed by atoms with Gasteiger partial charge in [0.15, 0.2) is 0 Å². The standard InChI is InChI=1S/C25H51NO2S/c1-2-3-4-5-16-19-22-26-25(27)28-23-20-17-14-12-10-8-6-7-9-11-13-15-18-21-24-29/h29H,2-24H2,1H3,(H,26,27). The van der Waals surface area contributed by atoms with E-state index in [1.165, 1.54) is 116 Å². The van der Waals surface area contributed by atoms with Gasteiger partial charge in [0.1, 0.15) is 0 Å². The van der Waals surface area contributed by atoms with Crippen molar-refractivity contribution >= 4 is 18.7 Å². The first kappa shape index (κ1) is 28.6. The lowest BCUT2D eigenvalue weighted by molar-refractivity contribution is 0.143. The fraction of sp³-hybridized carbons (Fsp3) is 0.960. The van der Waals surface area contributed by atoms with Crippen LogP contribution in [0.4, 0.5) is 4.79 Å². The Hall–Kier alpha value is -0.380. The fourth-order valence-electron chi connectivity index (χ4n) is 3.65. The van der Waals surface area contributed by atoms with E-state index in [1.54, 1.807) is 0 Å². The van der Waals surface area contributed by atoms with E-state index in [2.05, 4.69) is 24.9 Å². The number of hydrogen-bond donors (Lipinski definition) is 2. The van der Waals surface area contributed by atoms with Gasteiger partial charge in [-0.2, -0.15) is 12.6 Å². The number of rotatable bonds is 23. The van der Waals surface area contributed by atoms with Crippen molar-refractivity contribution in [3.05, 3.63) is 0 Å². The van der Waals surface area contributed by atoms with Crippen LogP contribution in [-0.2, 0) is 4.74 Å². The van der Waals surface area contributed by atoms with Crippen molar-refractivity contribution in [2.24, 2.45) is 0 Å². The molecule has 1 N–H and O–H groups in total. The van der Waals surface area contributed by atoms with E-state index in [0.29, 0.717) is 6.61 Å². The molecule has 1 amide bonds. The number of nitrogens with one attached hydrogen (secondary N) is 1. The lowest BCUT2D eigenvalue weighted by atomic mass is 10.0. The maximum atomic E-state index is 11.6. The SMILES string of the molecule is CCCCCCCCNC(=O)OCCCCCCCCCCCCCCCCS. The first-order valence-electron chi connectivity index (χ1n) is 12.8. The maximum absolute atomic E-state index is 11.6. The second-order valence-corrected chi connectivity index (χ2v) is 8.95. The first-order valence-corrected chi connectivity index (χ1v) is 13.5. The van der Waals surface area contributed by atoms with Crippen LogP contribution in [0.2, 0.25) is 0 Å². The molecule has 0 aromatic carbocycles. The van der Waals surface area contributed by atoms with Gasteiger partial charge in [-0.1, -0.05) is 116 Å². The summed E-state index contributed by atoms with van der Waals surface area (Å²) in [6.45, 7) is 3.55. The molecule has 0 atom stereocenters. The lowest BCUT2D eigenvalue weighted by Crippen LogP contribution is -2.25. The van der Waals surface area contributed by atoms with Gasteiger partial charge in [-0.05, 0) is 25.0 Å². The van der Waals surface area contributed by atoms with Crippen molar-refractivity contribution in [1.82, 2.24) is 5.32 Å². The Morgan fingerprint density at radius 2 is 1.03 bits per heavy atom. The van der Waals surface area contributed by atoms with E-state index in [4.69, 9.17) is 4.74 Å². The van der Waals surface area contributed by atoms with Crippen LogP contribution >= 0.6 is 12.6 Å². The van der Waals surface area contributed by atoms with E-state index in [0.717, 1.165) is 25.1 Å². The molecule has 0 radical (unpaired) electrons. The van der Waals surface area contributed by atoms with Crippen molar-refractivity contribution in [2.45, 2.75) is 135 Å². The number of amides is 1. The monoisotopic (exact) mass is 429 g/mol. The molecule has 4 heteroatoms. The summed E-state index contributed by atoms with van der Waals surface area (Å²) in [4.78, 5) is 11.6. The minimum absolute atomic E-state index is 0.236. The van der Waals surface area contributed by atoms with Crippen molar-refractivity contribution in [3.8, 4) is 0 Å². The van der Waals surface area contributed by atoms with Crippen molar-refractivity contribution in [1.29, 1.82) is 0 Å². The number of carbonyl (C=O) groups excluding carboxylic acids is 1. The Bertz CT molecular complexity index is 326. The molecular formula is C25H51NO2S. The Morgan fingerprint density at radius 1 is 0.621 bits per heavy atom. The van der Waals surface area contributed by atoms with Crippen LogP contribution in [0.1, 0.15) is 135 Å². The van der Waals surface area contributed by atoms with Crippen molar-refractivity contribution in [3.63, 3.8) is 0 Å². The number of unbranched alkanes of at least 4 members (excludes halogenated alkanes) is 18. The zero-order chi connectivity index (χ0) is 21.3. The molecule has 0 heterocycles. The summed E-state index contributed by atoms with van der Waals surface area (Å²) in [6, 6.07) is 0. The summed E-state index contributed by atoms with van der Waals surface area (Å²) in [6.07, 6.45) is 25.8.